The lowest BCUT2D eigenvalue weighted by Crippen LogP contribution is -2.32. The molecule has 2 aliphatic rings. The first-order valence-corrected chi connectivity index (χ1v) is 10.9. The fourth-order valence-electron chi connectivity index (χ4n) is 3.68. The molecule has 0 N–H and O–H groups in total. The highest BCUT2D eigenvalue weighted by Crippen LogP contribution is 2.35. The number of fused-ring (bicyclic) bond motifs is 1. The van der Waals surface area contributed by atoms with Crippen molar-refractivity contribution in [2.75, 3.05) is 13.2 Å². The van der Waals surface area contributed by atoms with Gasteiger partial charge in [-0.15, -0.1) is 0 Å². The van der Waals surface area contributed by atoms with Gasteiger partial charge in [0.2, 0.25) is 6.29 Å². The van der Waals surface area contributed by atoms with Gasteiger partial charge in [-0.3, -0.25) is 0 Å². The van der Waals surface area contributed by atoms with Crippen LogP contribution in [0.2, 0.25) is 0 Å². The van der Waals surface area contributed by atoms with Gasteiger partial charge in [0.1, 0.15) is 23.7 Å². The molecule has 0 saturated carbocycles. The van der Waals surface area contributed by atoms with Crippen molar-refractivity contribution < 1.29 is 47.6 Å². The summed E-state index contributed by atoms with van der Waals surface area (Å²) in [6.07, 6.45) is -0.0968. The van der Waals surface area contributed by atoms with Crippen LogP contribution in [0.4, 0.5) is 0 Å². The Labute approximate surface area is 206 Å². The molecule has 4 atom stereocenters. The molecule has 2 heterocycles. The molecule has 4 rings (SSSR count). The van der Waals surface area contributed by atoms with E-state index in [0.717, 1.165) is 12.2 Å². The maximum Gasteiger partial charge on any atom is 0.340 e. The third-order valence-electron chi connectivity index (χ3n) is 5.51. The molecule has 10 heteroatoms. The van der Waals surface area contributed by atoms with Crippen LogP contribution in [-0.2, 0) is 28.5 Å². The molecule has 2 unspecified atom stereocenters. The molecule has 2 fully saturated rings. The zero-order chi connectivity index (χ0) is 25.7. The van der Waals surface area contributed by atoms with E-state index in [2.05, 4.69) is 13.2 Å². The Hall–Kier alpha value is -4.28. The Morgan fingerprint density at radius 2 is 1.22 bits per heavy atom. The number of esters is 4. The van der Waals surface area contributed by atoms with Gasteiger partial charge in [0, 0.05) is 12.2 Å². The van der Waals surface area contributed by atoms with Crippen LogP contribution in [0.1, 0.15) is 20.7 Å². The predicted molar refractivity (Wildman–Crippen MR) is 122 cm³/mol. The summed E-state index contributed by atoms with van der Waals surface area (Å²) in [5, 5.41) is 0. The number of hydrogen-bond donors (Lipinski definition) is 0. The van der Waals surface area contributed by atoms with E-state index in [9.17, 15) is 19.2 Å². The molecule has 0 spiro atoms. The zero-order valence-corrected chi connectivity index (χ0v) is 19.0. The van der Waals surface area contributed by atoms with Crippen molar-refractivity contribution in [2.45, 2.75) is 18.5 Å². The topological polar surface area (TPSA) is 124 Å². The molecule has 2 aliphatic heterocycles. The number of ether oxygens (including phenoxy) is 6. The maximum absolute atomic E-state index is 12.6. The van der Waals surface area contributed by atoms with Gasteiger partial charge in [-0.1, -0.05) is 13.2 Å². The van der Waals surface area contributed by atoms with E-state index in [-0.39, 0.29) is 41.8 Å². The first-order valence-electron chi connectivity index (χ1n) is 10.9. The summed E-state index contributed by atoms with van der Waals surface area (Å²) in [4.78, 5) is 47.6. The summed E-state index contributed by atoms with van der Waals surface area (Å²) in [5.41, 5.74) is 0.490. The van der Waals surface area contributed by atoms with Crippen molar-refractivity contribution >= 4 is 23.9 Å². The highest BCUT2D eigenvalue weighted by Gasteiger charge is 2.51. The molecule has 10 nitrogen and oxygen atoms in total. The van der Waals surface area contributed by atoms with E-state index in [4.69, 9.17) is 28.4 Å². The standard InChI is InChI=1S/C26H22O10/c1-3-21(27)33-17-9-5-15(6-10-17)24(29)35-20-14-31-23-19(20)13-32-26(23)36-25(30)16-7-11-18(12-8-16)34-22(28)4-2/h3-12,19-20,23,26H,1-2,13-14H2/t19?,20-,23?,26+/m1/s1. The summed E-state index contributed by atoms with van der Waals surface area (Å²) < 4.78 is 32.3. The summed E-state index contributed by atoms with van der Waals surface area (Å²) in [6.45, 7) is 6.93. The van der Waals surface area contributed by atoms with Crippen molar-refractivity contribution in [1.29, 1.82) is 0 Å². The molecule has 2 aromatic carbocycles. The first kappa shape index (κ1) is 24.8. The Kier molecular flexibility index (Phi) is 7.57. The second-order valence-corrected chi connectivity index (χ2v) is 7.81. The predicted octanol–water partition coefficient (Wildman–Crippen LogP) is 2.62. The summed E-state index contributed by atoms with van der Waals surface area (Å²) in [7, 11) is 0. The highest BCUT2D eigenvalue weighted by molar-refractivity contribution is 5.90. The van der Waals surface area contributed by atoms with Gasteiger partial charge in [-0.25, -0.2) is 19.2 Å². The van der Waals surface area contributed by atoms with Crippen LogP contribution in [0.5, 0.6) is 11.5 Å². The van der Waals surface area contributed by atoms with E-state index in [0.29, 0.717) is 0 Å². The fourth-order valence-corrected chi connectivity index (χ4v) is 3.68. The molecule has 2 saturated heterocycles. The quantitative estimate of drug-likeness (QED) is 0.307. The lowest BCUT2D eigenvalue weighted by Gasteiger charge is -2.17. The van der Waals surface area contributed by atoms with Gasteiger partial charge in [0.15, 0.2) is 0 Å². The average molecular weight is 494 g/mol. The summed E-state index contributed by atoms with van der Waals surface area (Å²) in [6, 6.07) is 11.7. The van der Waals surface area contributed by atoms with Gasteiger partial charge in [0.25, 0.3) is 0 Å². The Morgan fingerprint density at radius 3 is 1.72 bits per heavy atom. The van der Waals surface area contributed by atoms with Crippen LogP contribution in [-0.4, -0.2) is 55.6 Å². The van der Waals surface area contributed by atoms with E-state index < -0.39 is 42.4 Å². The second-order valence-electron chi connectivity index (χ2n) is 7.81. The van der Waals surface area contributed by atoms with Crippen LogP contribution in [0.3, 0.4) is 0 Å². The normalized spacial score (nSPS) is 22.1. The number of carbonyl (C=O) groups is 4. The smallest absolute Gasteiger partial charge is 0.340 e. The van der Waals surface area contributed by atoms with Crippen molar-refractivity contribution in [1.82, 2.24) is 0 Å². The molecule has 0 bridgehead atoms. The molecule has 0 aromatic heterocycles. The Bertz CT molecular complexity index is 1070. The zero-order valence-electron chi connectivity index (χ0n) is 19.0. The minimum absolute atomic E-state index is 0.122. The van der Waals surface area contributed by atoms with E-state index >= 15 is 0 Å². The number of benzene rings is 2. The Balaban J connectivity index is 1.30. The van der Waals surface area contributed by atoms with Gasteiger partial charge in [-0.05, 0) is 48.5 Å². The van der Waals surface area contributed by atoms with E-state index in [1.165, 1.54) is 48.5 Å². The van der Waals surface area contributed by atoms with Gasteiger partial charge < -0.3 is 28.4 Å². The van der Waals surface area contributed by atoms with E-state index in [1.807, 2.05) is 0 Å². The molecular formula is C26H22O10. The van der Waals surface area contributed by atoms with Crippen LogP contribution < -0.4 is 9.47 Å². The molecule has 2 aromatic rings. The minimum atomic E-state index is -0.969. The molecule has 0 aliphatic carbocycles. The lowest BCUT2D eigenvalue weighted by molar-refractivity contribution is -0.131. The summed E-state index contributed by atoms with van der Waals surface area (Å²) >= 11 is 0. The highest BCUT2D eigenvalue weighted by atomic mass is 16.7. The summed E-state index contributed by atoms with van der Waals surface area (Å²) in [5.74, 6) is -2.25. The number of hydrogen-bond acceptors (Lipinski definition) is 10. The van der Waals surface area contributed by atoms with E-state index in [1.54, 1.807) is 0 Å². The number of rotatable bonds is 8. The SMILES string of the molecule is C=CC(=O)Oc1ccc(C(=O)O[C@@H]2OCC3C2OC[C@H]3OC(=O)c2ccc(OC(=O)C=C)cc2)cc1. The molecule has 36 heavy (non-hydrogen) atoms. The monoisotopic (exact) mass is 494 g/mol. The second kappa shape index (κ2) is 11.0. The third-order valence-corrected chi connectivity index (χ3v) is 5.51. The van der Waals surface area contributed by atoms with Crippen molar-refractivity contribution in [2.24, 2.45) is 5.92 Å². The molecule has 0 amide bonds. The largest absolute Gasteiger partial charge is 0.456 e. The first-order chi connectivity index (χ1) is 17.4. The fraction of sp³-hybridized carbons (Fsp3) is 0.231. The van der Waals surface area contributed by atoms with Crippen molar-refractivity contribution in [3.05, 3.63) is 85.0 Å². The van der Waals surface area contributed by atoms with Crippen LogP contribution in [0.25, 0.3) is 0 Å². The van der Waals surface area contributed by atoms with Crippen LogP contribution in [0, 0.1) is 5.92 Å². The molecule has 0 radical (unpaired) electrons. The molecular weight excluding hydrogens is 472 g/mol. The molecule has 186 valence electrons. The maximum atomic E-state index is 12.6. The van der Waals surface area contributed by atoms with Crippen LogP contribution >= 0.6 is 0 Å². The third kappa shape index (κ3) is 5.68. The lowest BCUT2D eigenvalue weighted by atomic mass is 10.0. The van der Waals surface area contributed by atoms with Crippen molar-refractivity contribution in [3.63, 3.8) is 0 Å². The Morgan fingerprint density at radius 1 is 0.722 bits per heavy atom. The number of carbonyl (C=O) groups excluding carboxylic acids is 4. The van der Waals surface area contributed by atoms with Crippen LogP contribution in [0.15, 0.2) is 73.8 Å². The van der Waals surface area contributed by atoms with Gasteiger partial charge >= 0.3 is 23.9 Å². The van der Waals surface area contributed by atoms with Gasteiger partial charge in [-0.2, -0.15) is 0 Å². The van der Waals surface area contributed by atoms with Gasteiger partial charge in [0.05, 0.1) is 30.3 Å². The minimum Gasteiger partial charge on any atom is -0.456 e. The van der Waals surface area contributed by atoms with Crippen molar-refractivity contribution in [3.8, 4) is 11.5 Å². The average Bonchev–Trinajstić information content (AvgIpc) is 3.47.